The number of fused-ring (bicyclic) bond motifs is 1. The third-order valence-electron chi connectivity index (χ3n) is 1.84. The Morgan fingerprint density at radius 1 is 1.33 bits per heavy atom. The summed E-state index contributed by atoms with van der Waals surface area (Å²) in [6.45, 7) is 2.04. The first kappa shape index (κ1) is 8.67. The fraction of sp³-hybridized carbons (Fsp3) is 0.250. The summed E-state index contributed by atoms with van der Waals surface area (Å²) in [4.78, 5) is 0. The maximum Gasteiger partial charge on any atom is 0.116 e. The van der Waals surface area contributed by atoms with E-state index in [1.807, 2.05) is 32.2 Å². The summed E-state index contributed by atoms with van der Waals surface area (Å²) in [7, 11) is 1.90. The van der Waals surface area contributed by atoms with Crippen molar-refractivity contribution in [3.8, 4) is 0 Å². The largest absolute Gasteiger partial charge is 0.412 e. The van der Waals surface area contributed by atoms with Crippen molar-refractivity contribution in [1.82, 2.24) is 15.0 Å². The molecule has 12 heavy (non-hydrogen) atoms. The second kappa shape index (κ2) is 2.91. The number of aromatic nitrogens is 3. The van der Waals surface area contributed by atoms with Crippen LogP contribution in [0.3, 0.4) is 0 Å². The highest BCUT2D eigenvalue weighted by Crippen LogP contribution is 2.13. The highest BCUT2D eigenvalue weighted by atomic mass is 16.0. The Labute approximate surface area is 70.1 Å². The summed E-state index contributed by atoms with van der Waals surface area (Å²) < 4.78 is 1.78. The molecule has 1 aromatic heterocycles. The van der Waals surface area contributed by atoms with Crippen LogP contribution in [0, 0.1) is 6.92 Å². The highest BCUT2D eigenvalue weighted by molar-refractivity contribution is 5.77. The average Bonchev–Trinajstić information content (AvgIpc) is 2.35. The van der Waals surface area contributed by atoms with Crippen LogP contribution < -0.4 is 0 Å². The molecule has 0 saturated carbocycles. The van der Waals surface area contributed by atoms with E-state index in [0.29, 0.717) is 0 Å². The van der Waals surface area contributed by atoms with Crippen LogP contribution in [0.2, 0.25) is 0 Å². The predicted molar refractivity (Wildman–Crippen MR) is 46.9 cm³/mol. The maximum atomic E-state index is 4.03. The van der Waals surface area contributed by atoms with Gasteiger partial charge in [0.1, 0.15) is 5.52 Å². The lowest BCUT2D eigenvalue weighted by Crippen LogP contribution is -1.88. The van der Waals surface area contributed by atoms with Gasteiger partial charge in [-0.25, -0.2) is 4.68 Å². The van der Waals surface area contributed by atoms with E-state index in [9.17, 15) is 0 Å². The molecule has 64 valence electrons. The van der Waals surface area contributed by atoms with E-state index in [1.54, 1.807) is 4.68 Å². The van der Waals surface area contributed by atoms with Crippen molar-refractivity contribution in [2.75, 3.05) is 0 Å². The lowest BCUT2D eigenvalue weighted by Gasteiger charge is -1.92. The molecule has 0 fully saturated rings. The maximum absolute atomic E-state index is 4.03. The summed E-state index contributed by atoms with van der Waals surface area (Å²) in [6, 6.07) is 6.07. The molecule has 0 aliphatic rings. The van der Waals surface area contributed by atoms with Gasteiger partial charge in [0.25, 0.3) is 0 Å². The van der Waals surface area contributed by atoms with Gasteiger partial charge in [-0.3, -0.25) is 0 Å². The number of aryl methyl sites for hydroxylation is 2. The minimum Gasteiger partial charge on any atom is -0.412 e. The zero-order valence-corrected chi connectivity index (χ0v) is 7.07. The van der Waals surface area contributed by atoms with Crippen molar-refractivity contribution in [2.24, 2.45) is 7.05 Å². The Morgan fingerprint density at radius 3 is 2.75 bits per heavy atom. The lowest BCUT2D eigenvalue weighted by molar-refractivity contribution is 0.736. The molecule has 2 aromatic rings. The number of hydrogen-bond acceptors (Lipinski definition) is 2. The highest BCUT2D eigenvalue weighted by Gasteiger charge is 2.01. The normalized spacial score (nSPS) is 9.83. The number of benzene rings is 1. The van der Waals surface area contributed by atoms with E-state index in [4.69, 9.17) is 0 Å². The molecule has 4 heteroatoms. The Hall–Kier alpha value is -1.42. The second-order valence-corrected chi connectivity index (χ2v) is 2.66. The average molecular weight is 165 g/mol. The summed E-state index contributed by atoms with van der Waals surface area (Å²) in [5.41, 5.74) is 3.26. The fourth-order valence-electron chi connectivity index (χ4n) is 1.19. The second-order valence-electron chi connectivity index (χ2n) is 2.66. The monoisotopic (exact) mass is 165 g/mol. The molecule has 1 heterocycles. The number of nitrogens with zero attached hydrogens (tertiary/aromatic N) is 3. The van der Waals surface area contributed by atoms with Gasteiger partial charge in [0.15, 0.2) is 0 Å². The Morgan fingerprint density at radius 2 is 2.08 bits per heavy atom. The van der Waals surface area contributed by atoms with Gasteiger partial charge < -0.3 is 5.48 Å². The van der Waals surface area contributed by atoms with E-state index in [1.165, 1.54) is 5.56 Å². The smallest absolute Gasteiger partial charge is 0.116 e. The molecule has 0 amide bonds. The van der Waals surface area contributed by atoms with Crippen LogP contribution in [-0.4, -0.2) is 20.5 Å². The van der Waals surface area contributed by atoms with Crippen molar-refractivity contribution >= 4 is 11.0 Å². The molecule has 0 bridgehead atoms. The van der Waals surface area contributed by atoms with Gasteiger partial charge in [0.2, 0.25) is 0 Å². The van der Waals surface area contributed by atoms with Crippen molar-refractivity contribution in [2.45, 2.75) is 6.92 Å². The fourth-order valence-corrected chi connectivity index (χ4v) is 1.19. The van der Waals surface area contributed by atoms with Crippen molar-refractivity contribution in [3.05, 3.63) is 23.8 Å². The Bertz CT molecular complexity index is 394. The minimum atomic E-state index is 0. The molecule has 0 spiro atoms. The molecule has 0 saturated heterocycles. The molecule has 4 nitrogen and oxygen atoms in total. The zero-order chi connectivity index (χ0) is 7.84. The van der Waals surface area contributed by atoms with Crippen molar-refractivity contribution in [1.29, 1.82) is 0 Å². The molecule has 1 aromatic carbocycles. The van der Waals surface area contributed by atoms with Gasteiger partial charge in [-0.15, -0.1) is 5.10 Å². The van der Waals surface area contributed by atoms with Crippen molar-refractivity contribution < 1.29 is 5.48 Å². The Balaban J connectivity index is 0.000000720. The van der Waals surface area contributed by atoms with Crippen LogP contribution in [0.5, 0.6) is 0 Å². The van der Waals surface area contributed by atoms with Crippen LogP contribution in [0.4, 0.5) is 0 Å². The topological polar surface area (TPSA) is 62.2 Å². The molecule has 0 aliphatic carbocycles. The predicted octanol–water partition coefficient (Wildman–Crippen LogP) is 0.452. The van der Waals surface area contributed by atoms with Gasteiger partial charge in [0, 0.05) is 7.05 Å². The van der Waals surface area contributed by atoms with Gasteiger partial charge >= 0.3 is 0 Å². The quantitative estimate of drug-likeness (QED) is 0.569. The zero-order valence-electron chi connectivity index (χ0n) is 7.07. The Kier molecular flexibility index (Phi) is 2.10. The van der Waals surface area contributed by atoms with Crippen LogP contribution in [0.15, 0.2) is 18.2 Å². The van der Waals surface area contributed by atoms with Crippen LogP contribution in [0.1, 0.15) is 5.56 Å². The van der Waals surface area contributed by atoms with Gasteiger partial charge in [-0.2, -0.15) is 0 Å². The van der Waals surface area contributed by atoms with Gasteiger partial charge in [-0.1, -0.05) is 17.3 Å². The van der Waals surface area contributed by atoms with Crippen LogP contribution in [-0.2, 0) is 7.05 Å². The van der Waals surface area contributed by atoms with E-state index < -0.39 is 0 Å². The molecule has 2 N–H and O–H groups in total. The van der Waals surface area contributed by atoms with Crippen LogP contribution in [0.25, 0.3) is 11.0 Å². The first-order chi connectivity index (χ1) is 5.29. The van der Waals surface area contributed by atoms with Gasteiger partial charge in [0.05, 0.1) is 5.52 Å². The van der Waals surface area contributed by atoms with Gasteiger partial charge in [-0.05, 0) is 18.6 Å². The van der Waals surface area contributed by atoms with Crippen LogP contribution >= 0.6 is 0 Å². The SMILES string of the molecule is Cc1cccc2c1nnn2C.O. The molecule has 0 unspecified atom stereocenters. The minimum absolute atomic E-state index is 0. The van der Waals surface area contributed by atoms with E-state index in [0.717, 1.165) is 11.0 Å². The third-order valence-corrected chi connectivity index (χ3v) is 1.84. The van der Waals surface area contributed by atoms with E-state index >= 15 is 0 Å². The standard InChI is InChI=1S/C8H9N3.H2O/c1-6-4-3-5-7-8(6)9-10-11(7)2;/h3-5H,1-2H3;1H2. The summed E-state index contributed by atoms with van der Waals surface area (Å²) in [6.07, 6.45) is 0. The summed E-state index contributed by atoms with van der Waals surface area (Å²) >= 11 is 0. The van der Waals surface area contributed by atoms with Crippen molar-refractivity contribution in [3.63, 3.8) is 0 Å². The molecule has 0 radical (unpaired) electrons. The molecular weight excluding hydrogens is 154 g/mol. The lowest BCUT2D eigenvalue weighted by atomic mass is 10.2. The summed E-state index contributed by atoms with van der Waals surface area (Å²) in [5.74, 6) is 0. The molecule has 0 atom stereocenters. The summed E-state index contributed by atoms with van der Waals surface area (Å²) in [5, 5.41) is 7.95. The molecular formula is C8H11N3O. The first-order valence-corrected chi connectivity index (χ1v) is 3.54. The third kappa shape index (κ3) is 1.06. The number of rotatable bonds is 0. The molecule has 0 aliphatic heterocycles. The number of hydrogen-bond donors (Lipinski definition) is 0. The van der Waals surface area contributed by atoms with E-state index in [2.05, 4.69) is 10.3 Å². The molecule has 2 rings (SSSR count). The first-order valence-electron chi connectivity index (χ1n) is 3.54. The van der Waals surface area contributed by atoms with E-state index in [-0.39, 0.29) is 5.48 Å².